The number of nitrogens with two attached hydrogens (primary N) is 1. The van der Waals surface area contributed by atoms with E-state index in [2.05, 4.69) is 10.1 Å². The summed E-state index contributed by atoms with van der Waals surface area (Å²) < 4.78 is 0. The van der Waals surface area contributed by atoms with Gasteiger partial charge in [0.15, 0.2) is 0 Å². The number of nitrogens with one attached hydrogen (secondary N) is 1. The Morgan fingerprint density at radius 1 is 1.73 bits per heavy atom. The highest BCUT2D eigenvalue weighted by molar-refractivity contribution is 5.98. The maximum atomic E-state index is 10.8. The molecule has 0 aliphatic rings. The molecule has 0 aliphatic carbocycles. The molecule has 3 N–H and O–H groups in total. The van der Waals surface area contributed by atoms with Crippen LogP contribution in [0.4, 0.5) is 0 Å². The molecule has 0 bridgehead atoms. The van der Waals surface area contributed by atoms with Crippen molar-refractivity contribution in [1.82, 2.24) is 4.98 Å². The fraction of sp³-hybridized carbons (Fsp3) is 0.143. The van der Waals surface area contributed by atoms with Gasteiger partial charge in [-0.05, 0) is 13.0 Å². The van der Waals surface area contributed by atoms with Crippen molar-refractivity contribution in [2.45, 2.75) is 6.92 Å². The molecule has 1 heterocycles. The van der Waals surface area contributed by atoms with E-state index in [1.807, 2.05) is 0 Å². The zero-order valence-electron chi connectivity index (χ0n) is 6.16. The van der Waals surface area contributed by atoms with Gasteiger partial charge in [0.1, 0.15) is 0 Å². The molecule has 58 valence electrons. The Bertz CT molecular complexity index is 326. The lowest BCUT2D eigenvalue weighted by molar-refractivity contribution is 1.21. The molecule has 0 spiro atoms. The van der Waals surface area contributed by atoms with Gasteiger partial charge < -0.3 is 10.8 Å². The van der Waals surface area contributed by atoms with Crippen molar-refractivity contribution in [3.05, 3.63) is 34.2 Å². The first kappa shape index (κ1) is 7.53. The van der Waals surface area contributed by atoms with E-state index >= 15 is 0 Å². The lowest BCUT2D eigenvalue weighted by Crippen LogP contribution is -2.07. The first-order valence-corrected chi connectivity index (χ1v) is 3.17. The van der Waals surface area contributed by atoms with Gasteiger partial charge in [0.2, 0.25) is 5.56 Å². The normalized spacial score (nSPS) is 11.5. The molecular weight excluding hydrogens is 142 g/mol. The van der Waals surface area contributed by atoms with E-state index in [1.165, 1.54) is 6.07 Å². The Kier molecular flexibility index (Phi) is 2.06. The van der Waals surface area contributed by atoms with Crippen LogP contribution in [0.25, 0.3) is 0 Å². The fourth-order valence-electron chi connectivity index (χ4n) is 0.744. The largest absolute Gasteiger partial charge is 0.329 e. The van der Waals surface area contributed by atoms with Crippen molar-refractivity contribution in [3.63, 3.8) is 0 Å². The number of hydrogen-bond acceptors (Lipinski definition) is 3. The van der Waals surface area contributed by atoms with Crippen LogP contribution in [-0.2, 0) is 0 Å². The van der Waals surface area contributed by atoms with Gasteiger partial charge in [-0.1, -0.05) is 0 Å². The molecule has 0 saturated carbocycles. The molecule has 1 aromatic heterocycles. The molecule has 11 heavy (non-hydrogen) atoms. The van der Waals surface area contributed by atoms with E-state index in [-0.39, 0.29) is 5.56 Å². The Labute approximate surface area is 63.7 Å². The van der Waals surface area contributed by atoms with Gasteiger partial charge in [-0.25, -0.2) is 0 Å². The highest BCUT2D eigenvalue weighted by Gasteiger charge is 1.95. The van der Waals surface area contributed by atoms with E-state index in [9.17, 15) is 4.79 Å². The molecule has 4 nitrogen and oxygen atoms in total. The van der Waals surface area contributed by atoms with Gasteiger partial charge >= 0.3 is 0 Å². The van der Waals surface area contributed by atoms with Crippen LogP contribution in [0, 0.1) is 0 Å². The zero-order valence-corrected chi connectivity index (χ0v) is 6.16. The number of aromatic amines is 1. The van der Waals surface area contributed by atoms with Crippen molar-refractivity contribution >= 4 is 5.71 Å². The average molecular weight is 151 g/mol. The number of nitrogens with zero attached hydrogens (tertiary/aromatic N) is 1. The molecule has 4 heteroatoms. The minimum absolute atomic E-state index is 0.148. The lowest BCUT2D eigenvalue weighted by Gasteiger charge is -1.95. The smallest absolute Gasteiger partial charge is 0.248 e. The van der Waals surface area contributed by atoms with Crippen LogP contribution >= 0.6 is 0 Å². The lowest BCUT2D eigenvalue weighted by atomic mass is 10.2. The number of H-pyrrole nitrogens is 1. The van der Waals surface area contributed by atoms with Crippen LogP contribution in [0.15, 0.2) is 28.2 Å². The van der Waals surface area contributed by atoms with E-state index in [0.29, 0.717) is 5.71 Å². The second-order valence-corrected chi connectivity index (χ2v) is 2.16. The third-order valence-electron chi connectivity index (χ3n) is 1.39. The van der Waals surface area contributed by atoms with E-state index in [1.54, 1.807) is 19.2 Å². The van der Waals surface area contributed by atoms with E-state index < -0.39 is 0 Å². The SMILES string of the molecule is C/C(=N/N)c1cc[nH]c(=O)c1. The Balaban J connectivity index is 3.16. The van der Waals surface area contributed by atoms with Crippen molar-refractivity contribution in [1.29, 1.82) is 0 Å². The number of pyridine rings is 1. The summed E-state index contributed by atoms with van der Waals surface area (Å²) in [5.41, 5.74) is 1.25. The Morgan fingerprint density at radius 2 is 2.45 bits per heavy atom. The number of rotatable bonds is 1. The predicted octanol–water partition coefficient (Wildman–Crippen LogP) is 0.0576. The number of hydrazone groups is 1. The monoisotopic (exact) mass is 151 g/mol. The first-order valence-electron chi connectivity index (χ1n) is 3.17. The standard InChI is InChI=1S/C7H9N3O/c1-5(10-8)6-2-3-9-7(11)4-6/h2-4H,8H2,1H3,(H,9,11)/b10-5-. The van der Waals surface area contributed by atoms with Crippen LogP contribution in [-0.4, -0.2) is 10.7 Å². The van der Waals surface area contributed by atoms with Crippen LogP contribution < -0.4 is 11.4 Å². The number of hydrogen-bond donors (Lipinski definition) is 2. The van der Waals surface area contributed by atoms with E-state index in [4.69, 9.17) is 5.84 Å². The second-order valence-electron chi connectivity index (χ2n) is 2.16. The molecule has 0 aliphatic heterocycles. The summed E-state index contributed by atoms with van der Waals surface area (Å²) in [6.45, 7) is 1.74. The molecule has 0 amide bonds. The van der Waals surface area contributed by atoms with Gasteiger partial charge in [0.25, 0.3) is 0 Å². The molecule has 0 saturated heterocycles. The molecule has 0 radical (unpaired) electrons. The summed E-state index contributed by atoms with van der Waals surface area (Å²) in [6.07, 6.45) is 1.56. The molecule has 1 aromatic rings. The second kappa shape index (κ2) is 3.01. The quantitative estimate of drug-likeness (QED) is 0.338. The van der Waals surface area contributed by atoms with Crippen LogP contribution in [0.1, 0.15) is 12.5 Å². The Morgan fingerprint density at radius 3 is 3.00 bits per heavy atom. The molecule has 0 unspecified atom stereocenters. The zero-order chi connectivity index (χ0) is 8.27. The summed E-state index contributed by atoms with van der Waals surface area (Å²) in [4.78, 5) is 13.3. The topological polar surface area (TPSA) is 71.2 Å². The maximum absolute atomic E-state index is 10.8. The summed E-state index contributed by atoms with van der Waals surface area (Å²) in [5.74, 6) is 5.03. The van der Waals surface area contributed by atoms with Gasteiger partial charge in [0, 0.05) is 17.8 Å². The van der Waals surface area contributed by atoms with Crippen LogP contribution in [0.5, 0.6) is 0 Å². The summed E-state index contributed by atoms with van der Waals surface area (Å²) in [7, 11) is 0. The minimum atomic E-state index is -0.148. The highest BCUT2D eigenvalue weighted by Crippen LogP contribution is 1.93. The van der Waals surface area contributed by atoms with Crippen molar-refractivity contribution < 1.29 is 0 Å². The predicted molar refractivity (Wildman–Crippen MR) is 43.5 cm³/mol. The van der Waals surface area contributed by atoms with Gasteiger partial charge in [-0.2, -0.15) is 5.10 Å². The van der Waals surface area contributed by atoms with Gasteiger partial charge in [-0.3, -0.25) is 4.79 Å². The molecule has 0 fully saturated rings. The summed E-state index contributed by atoms with van der Waals surface area (Å²) in [6, 6.07) is 3.19. The molecule has 0 atom stereocenters. The summed E-state index contributed by atoms with van der Waals surface area (Å²) >= 11 is 0. The highest BCUT2D eigenvalue weighted by atomic mass is 16.1. The minimum Gasteiger partial charge on any atom is -0.329 e. The van der Waals surface area contributed by atoms with Crippen LogP contribution in [0.3, 0.4) is 0 Å². The molecule has 1 rings (SSSR count). The van der Waals surface area contributed by atoms with Crippen molar-refractivity contribution in [2.24, 2.45) is 10.9 Å². The van der Waals surface area contributed by atoms with Gasteiger partial charge in [-0.15, -0.1) is 0 Å². The van der Waals surface area contributed by atoms with Crippen molar-refractivity contribution in [2.75, 3.05) is 0 Å². The molecular formula is C7H9N3O. The van der Waals surface area contributed by atoms with Crippen molar-refractivity contribution in [3.8, 4) is 0 Å². The molecule has 0 aromatic carbocycles. The third kappa shape index (κ3) is 1.67. The van der Waals surface area contributed by atoms with Crippen LogP contribution in [0.2, 0.25) is 0 Å². The summed E-state index contributed by atoms with van der Waals surface area (Å²) in [5, 5.41) is 3.46. The first-order chi connectivity index (χ1) is 5.24. The van der Waals surface area contributed by atoms with E-state index in [0.717, 1.165) is 5.56 Å². The Hall–Kier alpha value is -1.58. The average Bonchev–Trinajstić information content (AvgIpc) is 2.03. The van der Waals surface area contributed by atoms with Gasteiger partial charge in [0.05, 0.1) is 5.71 Å². The maximum Gasteiger partial charge on any atom is 0.248 e. The third-order valence-corrected chi connectivity index (χ3v) is 1.39. The number of aromatic nitrogens is 1. The fourth-order valence-corrected chi connectivity index (χ4v) is 0.744.